The van der Waals surface area contributed by atoms with Gasteiger partial charge in [-0.3, -0.25) is 9.78 Å². The molecule has 1 aliphatic heterocycles. The smallest absolute Gasteiger partial charge is 0.163 e. The van der Waals surface area contributed by atoms with Crippen LogP contribution in [0.2, 0.25) is 0 Å². The van der Waals surface area contributed by atoms with E-state index < -0.39 is 0 Å². The molecule has 2 rings (SSSR count). The highest BCUT2D eigenvalue weighted by atomic mass is 16.5. The molecule has 1 aromatic rings. The first-order chi connectivity index (χ1) is 8.15. The summed E-state index contributed by atoms with van der Waals surface area (Å²) in [6, 6.07) is 3.73. The number of hydrogen-bond acceptors (Lipinski definition) is 3. The maximum absolute atomic E-state index is 12.0. The summed E-state index contributed by atoms with van der Waals surface area (Å²) in [4.78, 5) is 16.3. The van der Waals surface area contributed by atoms with E-state index in [4.69, 9.17) is 4.74 Å². The fourth-order valence-electron chi connectivity index (χ4n) is 2.30. The summed E-state index contributed by atoms with van der Waals surface area (Å²) in [6.07, 6.45) is 3.95. The van der Waals surface area contributed by atoms with Crippen LogP contribution in [0.4, 0.5) is 0 Å². The summed E-state index contributed by atoms with van der Waals surface area (Å²) in [7, 11) is 0. The number of hydrogen-bond donors (Lipinski definition) is 0. The molecular weight excluding hydrogens is 214 g/mol. The lowest BCUT2D eigenvalue weighted by molar-refractivity contribution is 0.0859. The molecule has 1 atom stereocenters. The van der Waals surface area contributed by atoms with E-state index in [1.54, 1.807) is 0 Å². The molecule has 0 aromatic carbocycles. The summed E-state index contributed by atoms with van der Waals surface area (Å²) in [6.45, 7) is 4.69. The van der Waals surface area contributed by atoms with Crippen LogP contribution in [0.25, 0.3) is 0 Å². The minimum absolute atomic E-state index is 0.203. The van der Waals surface area contributed by atoms with E-state index in [1.165, 1.54) is 0 Å². The number of ether oxygens (including phenoxy) is 1. The van der Waals surface area contributed by atoms with Gasteiger partial charge in [0.2, 0.25) is 0 Å². The van der Waals surface area contributed by atoms with Crippen molar-refractivity contribution in [3.63, 3.8) is 0 Å². The van der Waals surface area contributed by atoms with Gasteiger partial charge in [0, 0.05) is 30.0 Å². The van der Waals surface area contributed by atoms with Crippen molar-refractivity contribution in [3.05, 3.63) is 29.1 Å². The molecule has 0 saturated carbocycles. The van der Waals surface area contributed by atoms with Gasteiger partial charge < -0.3 is 4.74 Å². The van der Waals surface area contributed by atoms with Gasteiger partial charge in [0.05, 0.1) is 6.10 Å². The van der Waals surface area contributed by atoms with Crippen LogP contribution in [0.1, 0.15) is 47.4 Å². The third-order valence-electron chi connectivity index (χ3n) is 3.12. The quantitative estimate of drug-likeness (QED) is 0.751. The van der Waals surface area contributed by atoms with Gasteiger partial charge in [-0.1, -0.05) is 0 Å². The van der Waals surface area contributed by atoms with Crippen LogP contribution in [-0.2, 0) is 4.74 Å². The van der Waals surface area contributed by atoms with E-state index in [0.717, 1.165) is 42.8 Å². The second-order valence-corrected chi connectivity index (χ2v) is 4.74. The Hall–Kier alpha value is -1.22. The predicted molar refractivity (Wildman–Crippen MR) is 66.2 cm³/mol. The number of carbonyl (C=O) groups excluding carboxylic acids is 1. The Morgan fingerprint density at radius 2 is 2.12 bits per heavy atom. The number of aryl methyl sites for hydroxylation is 2. The number of nitrogens with zero attached hydrogens (tertiary/aromatic N) is 1. The van der Waals surface area contributed by atoms with Crippen LogP contribution in [0, 0.1) is 13.8 Å². The SMILES string of the molecule is Cc1cc(C(=O)CCC2CCCO2)cc(C)n1. The third kappa shape index (κ3) is 3.37. The molecule has 0 amide bonds. The summed E-state index contributed by atoms with van der Waals surface area (Å²) < 4.78 is 5.52. The highest BCUT2D eigenvalue weighted by Gasteiger charge is 2.17. The number of pyridine rings is 1. The Kier molecular flexibility index (Phi) is 3.89. The summed E-state index contributed by atoms with van der Waals surface area (Å²) in [5.74, 6) is 0.203. The molecule has 92 valence electrons. The number of ketones is 1. The number of aromatic nitrogens is 1. The van der Waals surface area contributed by atoms with Crippen LogP contribution in [-0.4, -0.2) is 23.5 Å². The van der Waals surface area contributed by atoms with Crippen molar-refractivity contribution in [1.29, 1.82) is 0 Å². The first-order valence-corrected chi connectivity index (χ1v) is 6.25. The molecule has 0 bridgehead atoms. The fourth-order valence-corrected chi connectivity index (χ4v) is 2.30. The lowest BCUT2D eigenvalue weighted by Gasteiger charge is -2.08. The molecule has 3 heteroatoms. The van der Waals surface area contributed by atoms with Gasteiger partial charge >= 0.3 is 0 Å². The lowest BCUT2D eigenvalue weighted by atomic mass is 10.0. The molecule has 0 spiro atoms. The Labute approximate surface area is 102 Å². The summed E-state index contributed by atoms with van der Waals surface area (Å²) in [5, 5.41) is 0. The monoisotopic (exact) mass is 233 g/mol. The van der Waals surface area contributed by atoms with Gasteiger partial charge in [0.1, 0.15) is 0 Å². The molecule has 1 aromatic heterocycles. The second kappa shape index (κ2) is 5.41. The Morgan fingerprint density at radius 1 is 1.41 bits per heavy atom. The van der Waals surface area contributed by atoms with E-state index in [0.29, 0.717) is 12.5 Å². The Bertz CT molecular complexity index is 388. The van der Waals surface area contributed by atoms with Gasteiger partial charge in [-0.15, -0.1) is 0 Å². The van der Waals surface area contributed by atoms with Crippen LogP contribution in [0.3, 0.4) is 0 Å². The van der Waals surface area contributed by atoms with Crippen molar-refractivity contribution in [2.24, 2.45) is 0 Å². The molecule has 3 nitrogen and oxygen atoms in total. The minimum atomic E-state index is 0.203. The zero-order valence-electron chi connectivity index (χ0n) is 10.5. The van der Waals surface area contributed by atoms with E-state index in [1.807, 2.05) is 26.0 Å². The van der Waals surface area contributed by atoms with E-state index >= 15 is 0 Å². The maximum Gasteiger partial charge on any atom is 0.163 e. The van der Waals surface area contributed by atoms with Gasteiger partial charge in [-0.25, -0.2) is 0 Å². The van der Waals surface area contributed by atoms with Gasteiger partial charge in [-0.2, -0.15) is 0 Å². The van der Waals surface area contributed by atoms with Crippen LogP contribution < -0.4 is 0 Å². The fraction of sp³-hybridized carbons (Fsp3) is 0.571. The van der Waals surface area contributed by atoms with E-state index in [9.17, 15) is 4.79 Å². The summed E-state index contributed by atoms with van der Waals surface area (Å²) in [5.41, 5.74) is 2.60. The molecule has 0 N–H and O–H groups in total. The van der Waals surface area contributed by atoms with Crippen LogP contribution in [0.15, 0.2) is 12.1 Å². The molecular formula is C14H19NO2. The Balaban J connectivity index is 1.94. The van der Waals surface area contributed by atoms with Crippen LogP contribution >= 0.6 is 0 Å². The predicted octanol–water partition coefficient (Wildman–Crippen LogP) is 2.84. The average molecular weight is 233 g/mol. The molecule has 17 heavy (non-hydrogen) atoms. The van der Waals surface area contributed by atoms with Gasteiger partial charge in [0.25, 0.3) is 0 Å². The third-order valence-corrected chi connectivity index (χ3v) is 3.12. The second-order valence-electron chi connectivity index (χ2n) is 4.74. The summed E-state index contributed by atoms with van der Waals surface area (Å²) >= 11 is 0. The van der Waals surface area contributed by atoms with Crippen molar-refractivity contribution in [2.45, 2.75) is 45.6 Å². The minimum Gasteiger partial charge on any atom is -0.378 e. The molecule has 2 heterocycles. The average Bonchev–Trinajstić information content (AvgIpc) is 2.77. The van der Waals surface area contributed by atoms with Crippen LogP contribution in [0.5, 0.6) is 0 Å². The highest BCUT2D eigenvalue weighted by Crippen LogP contribution is 2.18. The molecule has 0 aliphatic carbocycles. The van der Waals surface area contributed by atoms with E-state index in [2.05, 4.69) is 4.98 Å². The molecule has 1 unspecified atom stereocenters. The molecule has 1 fully saturated rings. The molecule has 1 aliphatic rings. The topological polar surface area (TPSA) is 39.2 Å². The normalized spacial score (nSPS) is 19.5. The maximum atomic E-state index is 12.0. The number of carbonyl (C=O) groups is 1. The van der Waals surface area contributed by atoms with Crippen molar-refractivity contribution >= 4 is 5.78 Å². The largest absolute Gasteiger partial charge is 0.378 e. The first-order valence-electron chi connectivity index (χ1n) is 6.25. The lowest BCUT2D eigenvalue weighted by Crippen LogP contribution is -2.09. The Morgan fingerprint density at radius 3 is 2.71 bits per heavy atom. The van der Waals surface area contributed by atoms with Gasteiger partial charge in [0.15, 0.2) is 5.78 Å². The molecule has 0 radical (unpaired) electrons. The zero-order valence-corrected chi connectivity index (χ0v) is 10.5. The zero-order chi connectivity index (χ0) is 12.3. The van der Waals surface area contributed by atoms with Gasteiger partial charge in [-0.05, 0) is 45.2 Å². The van der Waals surface area contributed by atoms with Crippen molar-refractivity contribution in [2.75, 3.05) is 6.61 Å². The number of rotatable bonds is 4. The highest BCUT2D eigenvalue weighted by molar-refractivity contribution is 5.96. The van der Waals surface area contributed by atoms with Crippen molar-refractivity contribution in [1.82, 2.24) is 4.98 Å². The number of Topliss-reactive ketones (excluding diaryl/α,β-unsaturated/α-hetero) is 1. The van der Waals surface area contributed by atoms with Crippen molar-refractivity contribution < 1.29 is 9.53 Å². The van der Waals surface area contributed by atoms with E-state index in [-0.39, 0.29) is 5.78 Å². The van der Waals surface area contributed by atoms with Crippen molar-refractivity contribution in [3.8, 4) is 0 Å². The standard InChI is InChI=1S/C14H19NO2/c1-10-8-12(9-11(2)15-10)14(16)6-5-13-4-3-7-17-13/h8-9,13H,3-7H2,1-2H3. The molecule has 1 saturated heterocycles. The first kappa shape index (κ1) is 12.2.